The zero-order valence-corrected chi connectivity index (χ0v) is 10.4. The summed E-state index contributed by atoms with van der Waals surface area (Å²) in [4.78, 5) is 21.5. The quantitative estimate of drug-likeness (QED) is 0.837. The normalized spacial score (nSPS) is 19.2. The molecule has 3 heterocycles. The van der Waals surface area contributed by atoms with Crippen molar-refractivity contribution in [1.29, 1.82) is 0 Å². The van der Waals surface area contributed by atoms with Crippen LogP contribution in [0, 0.1) is 0 Å². The predicted octanol–water partition coefficient (Wildman–Crippen LogP) is 0.792. The van der Waals surface area contributed by atoms with Crippen LogP contribution in [-0.2, 0) is 4.74 Å². The van der Waals surface area contributed by atoms with Gasteiger partial charge in [-0.05, 0) is 6.42 Å². The van der Waals surface area contributed by atoms with Gasteiger partial charge in [0.15, 0.2) is 0 Å². The van der Waals surface area contributed by atoms with E-state index in [9.17, 15) is 4.79 Å². The Labute approximate surface area is 107 Å². The number of amides is 1. The van der Waals surface area contributed by atoms with Gasteiger partial charge in [-0.3, -0.25) is 4.79 Å². The Hall–Kier alpha value is -1.73. The minimum absolute atomic E-state index is 0.0723. The van der Waals surface area contributed by atoms with Gasteiger partial charge in [0.2, 0.25) is 0 Å². The molecule has 1 atom stereocenters. The average Bonchev–Trinajstić information content (AvgIpc) is 2.98. The molecule has 2 aromatic rings. The summed E-state index contributed by atoms with van der Waals surface area (Å²) in [7, 11) is 0. The van der Waals surface area contributed by atoms with Crippen LogP contribution in [-0.4, -0.2) is 35.1 Å². The number of carbonyl (C=O) groups excluding carboxylic acids is 1. The lowest BCUT2D eigenvalue weighted by Gasteiger charge is -2.09. The lowest BCUT2D eigenvalue weighted by molar-refractivity contribution is 0.0935. The second kappa shape index (κ2) is 4.51. The molecule has 1 amide bonds. The predicted molar refractivity (Wildman–Crippen MR) is 68.5 cm³/mol. The van der Waals surface area contributed by atoms with Gasteiger partial charge in [-0.1, -0.05) is 0 Å². The number of nitrogen functional groups attached to an aromatic ring is 1. The molecule has 0 spiro atoms. The van der Waals surface area contributed by atoms with Gasteiger partial charge in [0.05, 0.1) is 18.3 Å². The topological polar surface area (TPSA) is 90.1 Å². The second-order valence-electron chi connectivity index (χ2n) is 4.09. The number of hydrogen-bond acceptors (Lipinski definition) is 6. The molecule has 2 aromatic heterocycles. The Balaban J connectivity index is 1.88. The standard InChI is InChI=1S/C11H12N4O2S/c12-7-8-11(14-3-2-13-8)18-9(7)10(16)15-6-1-4-17-5-6/h2-3,6H,1,4-5,12H2,(H,15,16). The molecule has 6 nitrogen and oxygen atoms in total. The summed E-state index contributed by atoms with van der Waals surface area (Å²) < 4.78 is 5.22. The number of carbonyl (C=O) groups is 1. The van der Waals surface area contributed by atoms with Gasteiger partial charge in [-0.2, -0.15) is 0 Å². The minimum Gasteiger partial charge on any atom is -0.396 e. The fraction of sp³-hybridized carbons (Fsp3) is 0.364. The highest BCUT2D eigenvalue weighted by atomic mass is 32.1. The minimum atomic E-state index is -0.173. The van der Waals surface area contributed by atoms with Crippen molar-refractivity contribution >= 4 is 33.3 Å². The smallest absolute Gasteiger partial charge is 0.263 e. The van der Waals surface area contributed by atoms with Crippen molar-refractivity contribution in [3.63, 3.8) is 0 Å². The third kappa shape index (κ3) is 1.91. The molecule has 3 rings (SSSR count). The highest BCUT2D eigenvalue weighted by Crippen LogP contribution is 2.30. The van der Waals surface area contributed by atoms with Gasteiger partial charge in [0.25, 0.3) is 5.91 Å². The lowest BCUT2D eigenvalue weighted by Crippen LogP contribution is -2.34. The van der Waals surface area contributed by atoms with E-state index in [1.54, 1.807) is 12.4 Å². The first-order valence-corrected chi connectivity index (χ1v) is 6.45. The van der Waals surface area contributed by atoms with Crippen molar-refractivity contribution < 1.29 is 9.53 Å². The second-order valence-corrected chi connectivity index (χ2v) is 5.09. The van der Waals surface area contributed by atoms with Crippen LogP contribution in [0.3, 0.4) is 0 Å². The van der Waals surface area contributed by atoms with Crippen LogP contribution in [0.15, 0.2) is 12.4 Å². The average molecular weight is 264 g/mol. The van der Waals surface area contributed by atoms with E-state index in [4.69, 9.17) is 10.5 Å². The molecule has 1 unspecified atom stereocenters. The molecule has 1 aliphatic heterocycles. The van der Waals surface area contributed by atoms with E-state index in [2.05, 4.69) is 15.3 Å². The van der Waals surface area contributed by atoms with Gasteiger partial charge in [-0.25, -0.2) is 9.97 Å². The van der Waals surface area contributed by atoms with E-state index < -0.39 is 0 Å². The summed E-state index contributed by atoms with van der Waals surface area (Å²) in [6.45, 7) is 1.25. The summed E-state index contributed by atoms with van der Waals surface area (Å²) in [5.74, 6) is -0.173. The molecular weight excluding hydrogens is 252 g/mol. The van der Waals surface area contributed by atoms with Gasteiger partial charge < -0.3 is 15.8 Å². The first-order valence-electron chi connectivity index (χ1n) is 5.63. The molecule has 1 saturated heterocycles. The van der Waals surface area contributed by atoms with Crippen LogP contribution in [0.5, 0.6) is 0 Å². The third-order valence-corrected chi connectivity index (χ3v) is 3.94. The maximum absolute atomic E-state index is 12.1. The Morgan fingerprint density at radius 3 is 3.06 bits per heavy atom. The Morgan fingerprint density at radius 1 is 1.50 bits per heavy atom. The summed E-state index contributed by atoms with van der Waals surface area (Å²) in [6, 6.07) is 0.0723. The van der Waals surface area contributed by atoms with Crippen molar-refractivity contribution in [3.8, 4) is 0 Å². The zero-order valence-electron chi connectivity index (χ0n) is 9.55. The van der Waals surface area contributed by atoms with Crippen LogP contribution >= 0.6 is 11.3 Å². The molecule has 0 bridgehead atoms. The van der Waals surface area contributed by atoms with E-state index in [1.165, 1.54) is 11.3 Å². The van der Waals surface area contributed by atoms with Crippen molar-refractivity contribution in [1.82, 2.24) is 15.3 Å². The van der Waals surface area contributed by atoms with Gasteiger partial charge in [-0.15, -0.1) is 11.3 Å². The molecule has 0 saturated carbocycles. The number of hydrogen-bond donors (Lipinski definition) is 2. The first kappa shape index (κ1) is 11.4. The van der Waals surface area contributed by atoms with Gasteiger partial charge >= 0.3 is 0 Å². The monoisotopic (exact) mass is 264 g/mol. The van der Waals surface area contributed by atoms with Crippen LogP contribution < -0.4 is 11.1 Å². The van der Waals surface area contributed by atoms with Crippen molar-refractivity contribution in [3.05, 3.63) is 17.3 Å². The number of ether oxygens (including phenoxy) is 1. The number of thiophene rings is 1. The Morgan fingerprint density at radius 2 is 2.33 bits per heavy atom. The molecule has 7 heteroatoms. The number of anilines is 1. The summed E-state index contributed by atoms with van der Waals surface area (Å²) >= 11 is 1.26. The molecule has 1 fully saturated rings. The first-order chi connectivity index (χ1) is 8.75. The summed E-state index contributed by atoms with van der Waals surface area (Å²) in [6.07, 6.45) is 4.00. The van der Waals surface area contributed by atoms with E-state index in [1.807, 2.05) is 0 Å². The highest BCUT2D eigenvalue weighted by Gasteiger charge is 2.22. The van der Waals surface area contributed by atoms with Crippen molar-refractivity contribution in [2.24, 2.45) is 0 Å². The molecule has 0 aromatic carbocycles. The fourth-order valence-electron chi connectivity index (χ4n) is 1.91. The van der Waals surface area contributed by atoms with Crippen molar-refractivity contribution in [2.75, 3.05) is 18.9 Å². The van der Waals surface area contributed by atoms with Crippen molar-refractivity contribution in [2.45, 2.75) is 12.5 Å². The van der Waals surface area contributed by atoms with Gasteiger partial charge in [0, 0.05) is 19.0 Å². The van der Waals surface area contributed by atoms with Crippen LogP contribution in [0.1, 0.15) is 16.1 Å². The Kier molecular flexibility index (Phi) is 2.85. The van der Waals surface area contributed by atoms with Crippen LogP contribution in [0.4, 0.5) is 5.69 Å². The SMILES string of the molecule is Nc1c(C(=O)NC2CCOC2)sc2nccnc12. The largest absolute Gasteiger partial charge is 0.396 e. The number of aromatic nitrogens is 2. The molecule has 94 valence electrons. The van der Waals surface area contributed by atoms with E-state index >= 15 is 0 Å². The van der Waals surface area contributed by atoms with E-state index in [0.29, 0.717) is 34.1 Å². The fourth-order valence-corrected chi connectivity index (χ4v) is 2.84. The molecule has 18 heavy (non-hydrogen) atoms. The molecule has 3 N–H and O–H groups in total. The van der Waals surface area contributed by atoms with Crippen LogP contribution in [0.2, 0.25) is 0 Å². The Bertz CT molecular complexity index is 592. The molecule has 0 aliphatic carbocycles. The number of nitrogens with zero attached hydrogens (tertiary/aromatic N) is 2. The number of nitrogens with two attached hydrogens (primary N) is 1. The maximum Gasteiger partial charge on any atom is 0.263 e. The lowest BCUT2D eigenvalue weighted by atomic mass is 10.2. The van der Waals surface area contributed by atoms with Crippen LogP contribution in [0.25, 0.3) is 10.3 Å². The molecule has 1 aliphatic rings. The summed E-state index contributed by atoms with van der Waals surface area (Å²) in [5.41, 5.74) is 6.93. The summed E-state index contributed by atoms with van der Waals surface area (Å²) in [5, 5.41) is 2.91. The number of nitrogens with one attached hydrogen (secondary N) is 1. The zero-order chi connectivity index (χ0) is 12.5. The molecule has 0 radical (unpaired) electrons. The third-order valence-electron chi connectivity index (χ3n) is 2.83. The van der Waals surface area contributed by atoms with E-state index in [0.717, 1.165) is 6.42 Å². The highest BCUT2D eigenvalue weighted by molar-refractivity contribution is 7.21. The van der Waals surface area contributed by atoms with Gasteiger partial charge in [0.1, 0.15) is 15.2 Å². The number of fused-ring (bicyclic) bond motifs is 1. The number of rotatable bonds is 2. The molecular formula is C11H12N4O2S. The maximum atomic E-state index is 12.1. The van der Waals surface area contributed by atoms with E-state index in [-0.39, 0.29) is 11.9 Å².